The Morgan fingerprint density at radius 3 is 2.73 bits per heavy atom. The number of hydrogen-bond acceptors (Lipinski definition) is 4. The van der Waals surface area contributed by atoms with Crippen molar-refractivity contribution in [2.24, 2.45) is 5.73 Å². The van der Waals surface area contributed by atoms with Crippen molar-refractivity contribution in [3.05, 3.63) is 23.4 Å². The van der Waals surface area contributed by atoms with Crippen molar-refractivity contribution in [3.8, 4) is 0 Å². The maximum Gasteiger partial charge on any atom is 0.128 e. The summed E-state index contributed by atoms with van der Waals surface area (Å²) in [6.45, 7) is 6.32. The zero-order valence-corrected chi connectivity index (χ0v) is 10.3. The molecule has 0 bridgehead atoms. The van der Waals surface area contributed by atoms with Crippen LogP contribution in [-0.4, -0.2) is 16.0 Å². The third kappa shape index (κ3) is 3.72. The lowest BCUT2D eigenvalue weighted by Crippen LogP contribution is -2.17. The van der Waals surface area contributed by atoms with Gasteiger partial charge in [-0.3, -0.25) is 0 Å². The van der Waals surface area contributed by atoms with Gasteiger partial charge in [-0.1, -0.05) is 13.8 Å². The van der Waals surface area contributed by atoms with E-state index < -0.39 is 0 Å². The molecular weight excluding hydrogens is 206 g/mol. The van der Waals surface area contributed by atoms with Crippen LogP contribution in [0.25, 0.3) is 0 Å². The van der Waals surface area contributed by atoms with E-state index in [1.807, 2.05) is 24.8 Å². The summed E-state index contributed by atoms with van der Waals surface area (Å²) >= 11 is 1.84. The van der Waals surface area contributed by atoms with Crippen LogP contribution in [0, 0.1) is 6.92 Å². The Balaban J connectivity index is 2.72. The highest BCUT2D eigenvalue weighted by molar-refractivity contribution is 7.99. The van der Waals surface area contributed by atoms with E-state index in [1.165, 1.54) is 0 Å². The van der Waals surface area contributed by atoms with Crippen LogP contribution < -0.4 is 11.5 Å². The van der Waals surface area contributed by atoms with Gasteiger partial charge in [0, 0.05) is 23.6 Å². The van der Waals surface area contributed by atoms with Crippen LogP contribution in [0.15, 0.2) is 12.3 Å². The molecule has 1 heterocycles. The van der Waals surface area contributed by atoms with Crippen LogP contribution in [0.3, 0.4) is 0 Å². The number of nitrogens with zero attached hydrogens (tertiary/aromatic N) is 1. The second kappa shape index (κ2) is 5.37. The van der Waals surface area contributed by atoms with Crippen molar-refractivity contribution >= 4 is 17.6 Å². The van der Waals surface area contributed by atoms with E-state index in [4.69, 9.17) is 11.5 Å². The molecule has 4 N–H and O–H groups in total. The van der Waals surface area contributed by atoms with Crippen LogP contribution in [0.4, 0.5) is 5.82 Å². The number of rotatable bonds is 4. The predicted octanol–water partition coefficient (Wildman–Crippen LogP) is 2.11. The van der Waals surface area contributed by atoms with E-state index in [0.29, 0.717) is 11.1 Å². The standard InChI is InChI=1S/C11H19N3S/c1-7(2)15-6-10(12)9-4-8(3)5-14-11(9)13/h4-5,7,10H,6,12H2,1-3H3,(H2,13,14). The van der Waals surface area contributed by atoms with E-state index in [1.54, 1.807) is 6.20 Å². The number of nitrogen functional groups attached to an aromatic ring is 1. The average Bonchev–Trinajstić information content (AvgIpc) is 2.18. The normalized spacial score (nSPS) is 13.1. The first kappa shape index (κ1) is 12.3. The molecular formula is C11H19N3S. The summed E-state index contributed by atoms with van der Waals surface area (Å²) < 4.78 is 0. The van der Waals surface area contributed by atoms with Gasteiger partial charge < -0.3 is 11.5 Å². The Kier molecular flexibility index (Phi) is 4.42. The second-order valence-corrected chi connectivity index (χ2v) is 5.59. The first-order chi connectivity index (χ1) is 7.00. The van der Waals surface area contributed by atoms with Gasteiger partial charge in [-0.05, 0) is 23.8 Å². The van der Waals surface area contributed by atoms with Crippen molar-refractivity contribution in [1.29, 1.82) is 0 Å². The van der Waals surface area contributed by atoms with Gasteiger partial charge in [-0.25, -0.2) is 4.98 Å². The summed E-state index contributed by atoms with van der Waals surface area (Å²) in [7, 11) is 0. The van der Waals surface area contributed by atoms with Crippen LogP contribution >= 0.6 is 11.8 Å². The van der Waals surface area contributed by atoms with Gasteiger partial charge in [0.15, 0.2) is 0 Å². The van der Waals surface area contributed by atoms with Crippen LogP contribution in [0.1, 0.15) is 31.0 Å². The number of thioether (sulfide) groups is 1. The van der Waals surface area contributed by atoms with E-state index in [9.17, 15) is 0 Å². The highest BCUT2D eigenvalue weighted by Crippen LogP contribution is 2.23. The zero-order valence-electron chi connectivity index (χ0n) is 9.53. The Morgan fingerprint density at radius 2 is 2.13 bits per heavy atom. The molecule has 0 aliphatic carbocycles. The number of aromatic nitrogens is 1. The first-order valence-electron chi connectivity index (χ1n) is 5.10. The van der Waals surface area contributed by atoms with Crippen LogP contribution in [0.5, 0.6) is 0 Å². The third-order valence-corrected chi connectivity index (χ3v) is 3.31. The minimum Gasteiger partial charge on any atom is -0.383 e. The van der Waals surface area contributed by atoms with Crippen molar-refractivity contribution in [2.45, 2.75) is 32.1 Å². The van der Waals surface area contributed by atoms with Crippen molar-refractivity contribution in [3.63, 3.8) is 0 Å². The largest absolute Gasteiger partial charge is 0.383 e. The van der Waals surface area contributed by atoms with Crippen molar-refractivity contribution < 1.29 is 0 Å². The SMILES string of the molecule is Cc1cnc(N)c(C(N)CSC(C)C)c1. The molecule has 0 aliphatic heterocycles. The lowest BCUT2D eigenvalue weighted by atomic mass is 10.1. The zero-order chi connectivity index (χ0) is 11.4. The fourth-order valence-corrected chi connectivity index (χ4v) is 2.06. The van der Waals surface area contributed by atoms with Crippen molar-refractivity contribution in [1.82, 2.24) is 4.98 Å². The molecule has 0 fully saturated rings. The molecule has 0 aromatic carbocycles. The van der Waals surface area contributed by atoms with Gasteiger partial charge >= 0.3 is 0 Å². The quantitative estimate of drug-likeness (QED) is 0.823. The molecule has 1 aromatic rings. The number of anilines is 1. The molecule has 4 heteroatoms. The topological polar surface area (TPSA) is 64.9 Å². The van der Waals surface area contributed by atoms with Gasteiger partial charge in [0.25, 0.3) is 0 Å². The Bertz CT molecular complexity index is 326. The highest BCUT2D eigenvalue weighted by Gasteiger charge is 2.11. The maximum atomic E-state index is 6.07. The molecule has 15 heavy (non-hydrogen) atoms. The summed E-state index contributed by atoms with van der Waals surface area (Å²) in [5, 5.41) is 0.593. The molecule has 0 saturated heterocycles. The van der Waals surface area contributed by atoms with Gasteiger partial charge in [0.2, 0.25) is 0 Å². The number of aryl methyl sites for hydroxylation is 1. The monoisotopic (exact) mass is 225 g/mol. The lowest BCUT2D eigenvalue weighted by molar-refractivity contribution is 0.824. The summed E-state index contributed by atoms with van der Waals surface area (Å²) in [6, 6.07) is 2.00. The first-order valence-corrected chi connectivity index (χ1v) is 6.14. The Hall–Kier alpha value is -0.740. The van der Waals surface area contributed by atoms with Gasteiger partial charge in [0.1, 0.15) is 5.82 Å². The van der Waals surface area contributed by atoms with Crippen LogP contribution in [-0.2, 0) is 0 Å². The number of hydrogen-bond donors (Lipinski definition) is 2. The molecule has 1 atom stereocenters. The Morgan fingerprint density at radius 1 is 1.47 bits per heavy atom. The van der Waals surface area contributed by atoms with Crippen LogP contribution in [0.2, 0.25) is 0 Å². The molecule has 0 spiro atoms. The minimum atomic E-state index is -0.0233. The molecule has 3 nitrogen and oxygen atoms in total. The molecule has 0 amide bonds. The smallest absolute Gasteiger partial charge is 0.128 e. The summed E-state index contributed by atoms with van der Waals surface area (Å²) in [4.78, 5) is 4.12. The fourth-order valence-electron chi connectivity index (χ4n) is 1.29. The van der Waals surface area contributed by atoms with Gasteiger partial charge in [-0.2, -0.15) is 11.8 Å². The van der Waals surface area contributed by atoms with Gasteiger partial charge in [-0.15, -0.1) is 0 Å². The molecule has 0 saturated carbocycles. The van der Waals surface area contributed by atoms with E-state index in [0.717, 1.165) is 16.9 Å². The molecule has 0 radical (unpaired) electrons. The molecule has 1 rings (SSSR count). The Labute approximate surface area is 95.6 Å². The number of nitrogens with two attached hydrogens (primary N) is 2. The van der Waals surface area contributed by atoms with E-state index in [2.05, 4.69) is 18.8 Å². The average molecular weight is 225 g/mol. The molecule has 1 unspecified atom stereocenters. The fraction of sp³-hybridized carbons (Fsp3) is 0.545. The third-order valence-electron chi connectivity index (χ3n) is 2.09. The second-order valence-electron chi connectivity index (χ2n) is 3.98. The summed E-state index contributed by atoms with van der Waals surface area (Å²) in [5.74, 6) is 1.44. The van der Waals surface area contributed by atoms with E-state index in [-0.39, 0.29) is 6.04 Å². The lowest BCUT2D eigenvalue weighted by Gasteiger charge is -2.15. The van der Waals surface area contributed by atoms with E-state index >= 15 is 0 Å². The summed E-state index contributed by atoms with van der Waals surface area (Å²) in [5.41, 5.74) is 13.9. The molecule has 0 aliphatic rings. The molecule has 84 valence electrons. The van der Waals surface area contributed by atoms with Gasteiger partial charge in [0.05, 0.1) is 0 Å². The minimum absolute atomic E-state index is 0.0233. The molecule has 1 aromatic heterocycles. The summed E-state index contributed by atoms with van der Waals surface area (Å²) in [6.07, 6.45) is 1.77. The van der Waals surface area contributed by atoms with Crippen molar-refractivity contribution in [2.75, 3.05) is 11.5 Å². The highest BCUT2D eigenvalue weighted by atomic mass is 32.2. The maximum absolute atomic E-state index is 6.07. The predicted molar refractivity (Wildman–Crippen MR) is 67.9 cm³/mol. The number of pyridine rings is 1.